The number of nitrogens with zero attached hydrogens (tertiary/aromatic N) is 1. The molecule has 0 radical (unpaired) electrons. The van der Waals surface area contributed by atoms with Gasteiger partial charge in [-0.1, -0.05) is 24.6 Å². The molecule has 1 amide bonds. The number of hydrogen-bond acceptors (Lipinski definition) is 3. The van der Waals surface area contributed by atoms with Gasteiger partial charge in [0.15, 0.2) is 6.10 Å². The predicted octanol–water partition coefficient (Wildman–Crippen LogP) is 2.36. The maximum atomic E-state index is 12.7. The lowest BCUT2D eigenvalue weighted by molar-refractivity contribution is -0.140. The average molecular weight is 290 g/mol. The smallest absolute Gasteiger partial charge is 0.263 e. The molecule has 0 aromatic heterocycles. The zero-order valence-corrected chi connectivity index (χ0v) is 13.3. The molecule has 1 aromatic rings. The fourth-order valence-corrected chi connectivity index (χ4v) is 2.72. The van der Waals surface area contributed by atoms with Crippen molar-refractivity contribution in [2.75, 3.05) is 19.6 Å². The van der Waals surface area contributed by atoms with E-state index in [0.717, 1.165) is 38.2 Å². The molecule has 1 saturated heterocycles. The summed E-state index contributed by atoms with van der Waals surface area (Å²) in [5, 5.41) is 3.33. The first-order valence-corrected chi connectivity index (χ1v) is 7.86. The van der Waals surface area contributed by atoms with E-state index >= 15 is 0 Å². The van der Waals surface area contributed by atoms with E-state index in [2.05, 4.69) is 12.2 Å². The first kappa shape index (κ1) is 15.8. The SMILES string of the molecule is CCCN(C(=O)C(C)Oc1ccc(C)cc1)C1CCNC1. The van der Waals surface area contributed by atoms with Crippen LogP contribution in [0, 0.1) is 6.92 Å². The molecule has 0 aliphatic carbocycles. The van der Waals surface area contributed by atoms with Gasteiger partial charge in [0, 0.05) is 19.1 Å². The van der Waals surface area contributed by atoms with Crippen LogP contribution in [0.2, 0.25) is 0 Å². The highest BCUT2D eigenvalue weighted by Gasteiger charge is 2.29. The van der Waals surface area contributed by atoms with Gasteiger partial charge in [-0.3, -0.25) is 4.79 Å². The van der Waals surface area contributed by atoms with Gasteiger partial charge in [0.05, 0.1) is 0 Å². The minimum absolute atomic E-state index is 0.0890. The van der Waals surface area contributed by atoms with E-state index in [1.165, 1.54) is 5.56 Å². The number of hydrogen-bond donors (Lipinski definition) is 1. The third-order valence-corrected chi connectivity index (χ3v) is 3.90. The molecule has 2 unspecified atom stereocenters. The Morgan fingerprint density at radius 3 is 2.71 bits per heavy atom. The number of nitrogens with one attached hydrogen (secondary N) is 1. The normalized spacial score (nSPS) is 19.3. The molecule has 0 saturated carbocycles. The fourth-order valence-electron chi connectivity index (χ4n) is 2.72. The molecule has 1 aliphatic rings. The number of amides is 1. The Morgan fingerprint density at radius 2 is 2.14 bits per heavy atom. The lowest BCUT2D eigenvalue weighted by atomic mass is 10.2. The average Bonchev–Trinajstić information content (AvgIpc) is 3.00. The van der Waals surface area contributed by atoms with Crippen LogP contribution in [0.25, 0.3) is 0 Å². The standard InChI is InChI=1S/C17H26N2O2/c1-4-11-19(15-9-10-18-12-15)17(20)14(3)21-16-7-5-13(2)6-8-16/h5-8,14-15,18H,4,9-12H2,1-3H3. The van der Waals surface area contributed by atoms with Gasteiger partial charge in [-0.15, -0.1) is 0 Å². The lowest BCUT2D eigenvalue weighted by Gasteiger charge is -2.30. The summed E-state index contributed by atoms with van der Waals surface area (Å²) in [4.78, 5) is 14.6. The molecule has 1 heterocycles. The van der Waals surface area contributed by atoms with Crippen LogP contribution in [0.15, 0.2) is 24.3 Å². The maximum Gasteiger partial charge on any atom is 0.263 e. The van der Waals surface area contributed by atoms with Crippen LogP contribution < -0.4 is 10.1 Å². The van der Waals surface area contributed by atoms with Crippen molar-refractivity contribution in [1.29, 1.82) is 0 Å². The molecule has 0 bridgehead atoms. The molecule has 2 rings (SSSR count). The summed E-state index contributed by atoms with van der Waals surface area (Å²) in [7, 11) is 0. The molecule has 0 spiro atoms. The molecular formula is C17H26N2O2. The van der Waals surface area contributed by atoms with E-state index < -0.39 is 6.10 Å². The van der Waals surface area contributed by atoms with Crippen LogP contribution in [0.4, 0.5) is 0 Å². The van der Waals surface area contributed by atoms with Gasteiger partial charge in [-0.25, -0.2) is 0 Å². The second-order valence-electron chi connectivity index (χ2n) is 5.75. The van der Waals surface area contributed by atoms with Crippen LogP contribution >= 0.6 is 0 Å². The van der Waals surface area contributed by atoms with Crippen molar-refractivity contribution < 1.29 is 9.53 Å². The summed E-state index contributed by atoms with van der Waals surface area (Å²) in [5.74, 6) is 0.841. The first-order chi connectivity index (χ1) is 10.1. The van der Waals surface area contributed by atoms with Crippen molar-refractivity contribution in [3.8, 4) is 5.75 Å². The number of aryl methyl sites for hydroxylation is 1. The van der Waals surface area contributed by atoms with Crippen LogP contribution in [-0.4, -0.2) is 42.6 Å². The zero-order chi connectivity index (χ0) is 15.2. The van der Waals surface area contributed by atoms with Crippen LogP contribution in [-0.2, 0) is 4.79 Å². The lowest BCUT2D eigenvalue weighted by Crippen LogP contribution is -2.47. The van der Waals surface area contributed by atoms with Crippen LogP contribution in [0.3, 0.4) is 0 Å². The largest absolute Gasteiger partial charge is 0.481 e. The van der Waals surface area contributed by atoms with E-state index in [-0.39, 0.29) is 5.91 Å². The fraction of sp³-hybridized carbons (Fsp3) is 0.588. The van der Waals surface area contributed by atoms with E-state index in [1.54, 1.807) is 0 Å². The molecule has 1 aliphatic heterocycles. The van der Waals surface area contributed by atoms with Crippen molar-refractivity contribution in [2.24, 2.45) is 0 Å². The van der Waals surface area contributed by atoms with Crippen molar-refractivity contribution in [3.63, 3.8) is 0 Å². The molecule has 4 nitrogen and oxygen atoms in total. The second kappa shape index (κ2) is 7.46. The molecule has 21 heavy (non-hydrogen) atoms. The molecule has 2 atom stereocenters. The molecule has 1 N–H and O–H groups in total. The Balaban J connectivity index is 1.99. The summed E-state index contributed by atoms with van der Waals surface area (Å²) in [5.41, 5.74) is 1.19. The van der Waals surface area contributed by atoms with Crippen molar-refractivity contribution in [3.05, 3.63) is 29.8 Å². The maximum absolute atomic E-state index is 12.7. The van der Waals surface area contributed by atoms with Gasteiger partial charge in [0.2, 0.25) is 0 Å². The molecule has 4 heteroatoms. The van der Waals surface area contributed by atoms with Gasteiger partial charge >= 0.3 is 0 Å². The van der Waals surface area contributed by atoms with Crippen LogP contribution in [0.5, 0.6) is 5.75 Å². The van der Waals surface area contributed by atoms with E-state index in [4.69, 9.17) is 4.74 Å². The molecule has 116 valence electrons. The summed E-state index contributed by atoms with van der Waals surface area (Å²) in [6.45, 7) is 8.66. The van der Waals surface area contributed by atoms with Gasteiger partial charge < -0.3 is 15.0 Å². The number of carbonyl (C=O) groups excluding carboxylic acids is 1. The van der Waals surface area contributed by atoms with Gasteiger partial charge in [-0.05, 0) is 45.4 Å². The molecule has 1 fully saturated rings. The molecular weight excluding hydrogens is 264 g/mol. The number of ether oxygens (including phenoxy) is 1. The van der Waals surface area contributed by atoms with Gasteiger partial charge in [0.25, 0.3) is 5.91 Å². The highest BCUT2D eigenvalue weighted by molar-refractivity contribution is 5.81. The van der Waals surface area contributed by atoms with Crippen molar-refractivity contribution in [2.45, 2.75) is 45.8 Å². The molecule has 1 aromatic carbocycles. The van der Waals surface area contributed by atoms with E-state index in [0.29, 0.717) is 6.04 Å². The number of carbonyl (C=O) groups is 1. The monoisotopic (exact) mass is 290 g/mol. The topological polar surface area (TPSA) is 41.6 Å². The highest BCUT2D eigenvalue weighted by Crippen LogP contribution is 2.16. The predicted molar refractivity (Wildman–Crippen MR) is 84.5 cm³/mol. The third-order valence-electron chi connectivity index (χ3n) is 3.90. The summed E-state index contributed by atoms with van der Waals surface area (Å²) >= 11 is 0. The van der Waals surface area contributed by atoms with E-state index in [1.807, 2.05) is 43.0 Å². The Kier molecular flexibility index (Phi) is 5.62. The van der Waals surface area contributed by atoms with Gasteiger partial charge in [0.1, 0.15) is 5.75 Å². The first-order valence-electron chi connectivity index (χ1n) is 7.86. The van der Waals surface area contributed by atoms with Crippen molar-refractivity contribution >= 4 is 5.91 Å². The minimum Gasteiger partial charge on any atom is -0.481 e. The van der Waals surface area contributed by atoms with Crippen LogP contribution in [0.1, 0.15) is 32.3 Å². The Bertz CT molecular complexity index is 452. The number of benzene rings is 1. The zero-order valence-electron chi connectivity index (χ0n) is 13.3. The second-order valence-corrected chi connectivity index (χ2v) is 5.75. The Labute approximate surface area is 127 Å². The summed E-state index contributed by atoms with van der Waals surface area (Å²) < 4.78 is 5.81. The minimum atomic E-state index is -0.445. The Morgan fingerprint density at radius 1 is 1.43 bits per heavy atom. The summed E-state index contributed by atoms with van der Waals surface area (Å²) in [6, 6.07) is 8.14. The Hall–Kier alpha value is -1.55. The van der Waals surface area contributed by atoms with Crippen molar-refractivity contribution in [1.82, 2.24) is 10.2 Å². The van der Waals surface area contributed by atoms with E-state index in [9.17, 15) is 4.79 Å². The third kappa shape index (κ3) is 4.21. The quantitative estimate of drug-likeness (QED) is 0.874. The summed E-state index contributed by atoms with van der Waals surface area (Å²) in [6.07, 6.45) is 1.56. The number of rotatable bonds is 6. The highest BCUT2D eigenvalue weighted by atomic mass is 16.5. The van der Waals surface area contributed by atoms with Gasteiger partial charge in [-0.2, -0.15) is 0 Å².